The molecule has 0 saturated heterocycles. The van der Waals surface area contributed by atoms with E-state index >= 15 is 0 Å². The normalized spacial score (nSPS) is 11.6. The monoisotopic (exact) mass is 218 g/mol. The summed E-state index contributed by atoms with van der Waals surface area (Å²) in [7, 11) is 0. The number of aryl methyl sites for hydroxylation is 2. The van der Waals surface area contributed by atoms with Gasteiger partial charge in [-0.05, 0) is 12.0 Å². The van der Waals surface area contributed by atoms with E-state index in [9.17, 15) is 0 Å². The maximum Gasteiger partial charge on any atom is 0.229 e. The Labute approximate surface area is 95.9 Å². The van der Waals surface area contributed by atoms with Gasteiger partial charge in [0, 0.05) is 12.8 Å². The summed E-state index contributed by atoms with van der Waals surface area (Å²) in [4.78, 5) is 9.02. The molecule has 0 unspecified atom stereocenters. The number of hydrogen-bond acceptors (Lipinski definition) is 3. The molecular weight excluding hydrogens is 200 g/mol. The molecule has 0 radical (unpaired) electrons. The third-order valence-corrected chi connectivity index (χ3v) is 2.73. The quantitative estimate of drug-likeness (QED) is 0.791. The van der Waals surface area contributed by atoms with Crippen LogP contribution in [-0.4, -0.2) is 9.97 Å². The Morgan fingerprint density at radius 1 is 1.19 bits per heavy atom. The number of rotatable bonds is 3. The fourth-order valence-electron chi connectivity index (χ4n) is 1.81. The third kappa shape index (κ3) is 1.82. The van der Waals surface area contributed by atoms with Crippen LogP contribution in [0.3, 0.4) is 0 Å². The SMILES string of the molecule is CCc1nc(C(C)C)c2cc(CC)oc2n1. The summed E-state index contributed by atoms with van der Waals surface area (Å²) in [5.74, 6) is 2.26. The van der Waals surface area contributed by atoms with Crippen LogP contribution in [0.4, 0.5) is 0 Å². The predicted octanol–water partition coefficient (Wildman–Crippen LogP) is 3.47. The summed E-state index contributed by atoms with van der Waals surface area (Å²) >= 11 is 0. The first-order valence-electron chi connectivity index (χ1n) is 5.94. The maximum absolute atomic E-state index is 5.70. The summed E-state index contributed by atoms with van der Waals surface area (Å²) in [5.41, 5.74) is 1.85. The summed E-state index contributed by atoms with van der Waals surface area (Å²) in [6, 6.07) is 2.07. The number of aromatic nitrogens is 2. The summed E-state index contributed by atoms with van der Waals surface area (Å²) in [5, 5.41) is 1.07. The van der Waals surface area contributed by atoms with Crippen molar-refractivity contribution in [1.29, 1.82) is 0 Å². The van der Waals surface area contributed by atoms with Gasteiger partial charge in [0.25, 0.3) is 0 Å². The molecular formula is C13H18N2O. The molecule has 86 valence electrons. The van der Waals surface area contributed by atoms with Crippen molar-refractivity contribution in [1.82, 2.24) is 9.97 Å². The van der Waals surface area contributed by atoms with Gasteiger partial charge in [0.05, 0.1) is 11.1 Å². The van der Waals surface area contributed by atoms with E-state index in [0.29, 0.717) is 5.92 Å². The molecule has 0 atom stereocenters. The topological polar surface area (TPSA) is 38.9 Å². The van der Waals surface area contributed by atoms with E-state index in [0.717, 1.165) is 41.2 Å². The van der Waals surface area contributed by atoms with Crippen molar-refractivity contribution in [2.24, 2.45) is 0 Å². The van der Waals surface area contributed by atoms with Crippen LogP contribution < -0.4 is 0 Å². The van der Waals surface area contributed by atoms with Gasteiger partial charge < -0.3 is 4.42 Å². The lowest BCUT2D eigenvalue weighted by Gasteiger charge is -2.06. The van der Waals surface area contributed by atoms with E-state index in [4.69, 9.17) is 4.42 Å². The van der Waals surface area contributed by atoms with Gasteiger partial charge in [-0.2, -0.15) is 4.98 Å². The Kier molecular flexibility index (Phi) is 2.95. The summed E-state index contributed by atoms with van der Waals surface area (Å²) in [6.07, 6.45) is 1.74. The average Bonchev–Trinajstić information content (AvgIpc) is 2.69. The van der Waals surface area contributed by atoms with E-state index in [1.54, 1.807) is 0 Å². The second-order valence-corrected chi connectivity index (χ2v) is 4.32. The number of hydrogen-bond donors (Lipinski definition) is 0. The molecule has 2 heterocycles. The Bertz CT molecular complexity index is 500. The van der Waals surface area contributed by atoms with Crippen molar-refractivity contribution in [3.05, 3.63) is 23.3 Å². The molecule has 0 N–H and O–H groups in total. The standard InChI is InChI=1S/C13H18N2O/c1-5-9-7-10-12(8(3)4)14-11(6-2)15-13(10)16-9/h7-8H,5-6H2,1-4H3. The van der Waals surface area contributed by atoms with Crippen molar-refractivity contribution in [3.63, 3.8) is 0 Å². The minimum Gasteiger partial charge on any atom is -0.443 e. The zero-order valence-electron chi connectivity index (χ0n) is 10.4. The fraction of sp³-hybridized carbons (Fsp3) is 0.538. The highest BCUT2D eigenvalue weighted by molar-refractivity contribution is 5.77. The molecule has 0 aliphatic rings. The Morgan fingerprint density at radius 2 is 1.94 bits per heavy atom. The highest BCUT2D eigenvalue weighted by Gasteiger charge is 2.14. The van der Waals surface area contributed by atoms with Crippen LogP contribution in [0.2, 0.25) is 0 Å². The van der Waals surface area contributed by atoms with Crippen molar-refractivity contribution in [3.8, 4) is 0 Å². The number of furan rings is 1. The van der Waals surface area contributed by atoms with Crippen LogP contribution in [0.1, 0.15) is 50.9 Å². The Morgan fingerprint density at radius 3 is 2.50 bits per heavy atom. The van der Waals surface area contributed by atoms with Crippen LogP contribution in [0.15, 0.2) is 10.5 Å². The van der Waals surface area contributed by atoms with E-state index in [2.05, 4.69) is 43.7 Å². The molecule has 2 aromatic heterocycles. The van der Waals surface area contributed by atoms with Crippen molar-refractivity contribution in [2.45, 2.75) is 46.5 Å². The van der Waals surface area contributed by atoms with Gasteiger partial charge in [0.1, 0.15) is 11.6 Å². The van der Waals surface area contributed by atoms with E-state index in [-0.39, 0.29) is 0 Å². The molecule has 0 bridgehead atoms. The molecule has 0 fully saturated rings. The van der Waals surface area contributed by atoms with E-state index in [1.165, 1.54) is 0 Å². The highest BCUT2D eigenvalue weighted by Crippen LogP contribution is 2.26. The smallest absolute Gasteiger partial charge is 0.229 e. The summed E-state index contributed by atoms with van der Waals surface area (Å²) < 4.78 is 5.70. The van der Waals surface area contributed by atoms with Gasteiger partial charge in [0.2, 0.25) is 5.71 Å². The predicted molar refractivity (Wildman–Crippen MR) is 64.6 cm³/mol. The fourth-order valence-corrected chi connectivity index (χ4v) is 1.81. The highest BCUT2D eigenvalue weighted by atomic mass is 16.3. The molecule has 0 saturated carbocycles. The van der Waals surface area contributed by atoms with E-state index in [1.807, 2.05) is 0 Å². The zero-order valence-corrected chi connectivity index (χ0v) is 10.4. The minimum absolute atomic E-state index is 0.401. The first kappa shape index (κ1) is 11.1. The first-order chi connectivity index (χ1) is 7.65. The molecule has 0 amide bonds. The van der Waals surface area contributed by atoms with Crippen molar-refractivity contribution < 1.29 is 4.42 Å². The maximum atomic E-state index is 5.70. The van der Waals surface area contributed by atoms with Gasteiger partial charge in [-0.1, -0.05) is 27.7 Å². The average molecular weight is 218 g/mol. The largest absolute Gasteiger partial charge is 0.443 e. The lowest BCUT2D eigenvalue weighted by molar-refractivity contribution is 0.544. The minimum atomic E-state index is 0.401. The molecule has 0 aromatic carbocycles. The Hall–Kier alpha value is -1.38. The zero-order chi connectivity index (χ0) is 11.7. The Balaban J connectivity index is 2.69. The van der Waals surface area contributed by atoms with Crippen LogP contribution in [-0.2, 0) is 12.8 Å². The second kappa shape index (κ2) is 4.24. The van der Waals surface area contributed by atoms with Gasteiger partial charge in [-0.25, -0.2) is 4.98 Å². The first-order valence-corrected chi connectivity index (χ1v) is 5.94. The molecule has 0 aliphatic carbocycles. The van der Waals surface area contributed by atoms with Gasteiger partial charge >= 0.3 is 0 Å². The van der Waals surface area contributed by atoms with Crippen molar-refractivity contribution >= 4 is 11.1 Å². The van der Waals surface area contributed by atoms with Crippen molar-refractivity contribution in [2.75, 3.05) is 0 Å². The number of fused-ring (bicyclic) bond motifs is 1. The van der Waals surface area contributed by atoms with Crippen LogP contribution >= 0.6 is 0 Å². The second-order valence-electron chi connectivity index (χ2n) is 4.32. The molecule has 0 aliphatic heterocycles. The lowest BCUT2D eigenvalue weighted by atomic mass is 10.1. The molecule has 2 aromatic rings. The van der Waals surface area contributed by atoms with Gasteiger partial charge in [0.15, 0.2) is 0 Å². The van der Waals surface area contributed by atoms with Gasteiger partial charge in [-0.15, -0.1) is 0 Å². The van der Waals surface area contributed by atoms with Crippen LogP contribution in [0.5, 0.6) is 0 Å². The third-order valence-electron chi connectivity index (χ3n) is 2.73. The molecule has 16 heavy (non-hydrogen) atoms. The van der Waals surface area contributed by atoms with Crippen LogP contribution in [0.25, 0.3) is 11.1 Å². The molecule has 2 rings (SSSR count). The van der Waals surface area contributed by atoms with Crippen LogP contribution in [0, 0.1) is 0 Å². The lowest BCUT2D eigenvalue weighted by Crippen LogP contribution is -2.00. The number of nitrogens with zero attached hydrogens (tertiary/aromatic N) is 2. The van der Waals surface area contributed by atoms with Gasteiger partial charge in [-0.3, -0.25) is 0 Å². The molecule has 0 spiro atoms. The molecule has 3 nitrogen and oxygen atoms in total. The molecule has 3 heteroatoms. The van der Waals surface area contributed by atoms with E-state index < -0.39 is 0 Å². The summed E-state index contributed by atoms with van der Waals surface area (Å²) in [6.45, 7) is 8.45.